The molecule has 1 saturated carbocycles. The molecule has 1 aliphatic carbocycles. The van der Waals surface area contributed by atoms with Gasteiger partial charge in [0.15, 0.2) is 0 Å². The first-order valence-electron chi connectivity index (χ1n) is 4.68. The molecular formula is C9H12Br2O4. The molecule has 0 aromatic heterocycles. The van der Waals surface area contributed by atoms with E-state index in [0.29, 0.717) is 0 Å². The fourth-order valence-corrected chi connectivity index (χ4v) is 1.83. The Labute approximate surface area is 105 Å². The zero-order valence-corrected chi connectivity index (χ0v) is 11.3. The van der Waals surface area contributed by atoms with Crippen LogP contribution in [-0.2, 0) is 19.1 Å². The van der Waals surface area contributed by atoms with E-state index in [-0.39, 0.29) is 34.8 Å². The first-order valence-corrected chi connectivity index (χ1v) is 6.92. The molecule has 0 aliphatic heterocycles. The molecule has 0 N–H and O–H groups in total. The second kappa shape index (κ2) is 6.48. The SMILES string of the molecule is O=C(CBr)OC1CCCC1OC(=O)CBr. The van der Waals surface area contributed by atoms with Gasteiger partial charge in [-0.05, 0) is 19.3 Å². The smallest absolute Gasteiger partial charge is 0.316 e. The lowest BCUT2D eigenvalue weighted by Gasteiger charge is -2.19. The van der Waals surface area contributed by atoms with Crippen LogP contribution in [0.4, 0.5) is 0 Å². The number of carbonyl (C=O) groups excluding carboxylic acids is 2. The Kier molecular flexibility index (Phi) is 5.60. The van der Waals surface area contributed by atoms with Crippen LogP contribution in [0, 0.1) is 0 Å². The molecule has 0 amide bonds. The molecule has 0 saturated heterocycles. The number of carbonyl (C=O) groups is 2. The number of rotatable bonds is 4. The van der Waals surface area contributed by atoms with Crippen molar-refractivity contribution in [1.82, 2.24) is 0 Å². The minimum absolute atomic E-state index is 0.169. The van der Waals surface area contributed by atoms with Gasteiger partial charge in [0.2, 0.25) is 0 Å². The molecule has 86 valence electrons. The molecule has 15 heavy (non-hydrogen) atoms. The summed E-state index contributed by atoms with van der Waals surface area (Å²) in [5.41, 5.74) is 0. The Morgan fingerprint density at radius 3 is 1.73 bits per heavy atom. The summed E-state index contributed by atoms with van der Waals surface area (Å²) >= 11 is 6.03. The summed E-state index contributed by atoms with van der Waals surface area (Å²) in [6, 6.07) is 0. The standard InChI is InChI=1S/C9H12Br2O4/c10-4-8(12)14-6-2-1-3-7(6)15-9(13)5-11/h6-7H,1-5H2. The molecule has 1 fully saturated rings. The maximum Gasteiger partial charge on any atom is 0.316 e. The molecule has 6 heteroatoms. The highest BCUT2D eigenvalue weighted by Crippen LogP contribution is 2.25. The van der Waals surface area contributed by atoms with Crippen molar-refractivity contribution in [2.24, 2.45) is 0 Å². The Morgan fingerprint density at radius 1 is 1.00 bits per heavy atom. The highest BCUT2D eigenvalue weighted by molar-refractivity contribution is 9.09. The van der Waals surface area contributed by atoms with E-state index in [1.807, 2.05) is 0 Å². The predicted octanol–water partition coefficient (Wildman–Crippen LogP) is 1.78. The van der Waals surface area contributed by atoms with Crippen LogP contribution in [0.1, 0.15) is 19.3 Å². The summed E-state index contributed by atoms with van der Waals surface area (Å²) < 4.78 is 10.3. The van der Waals surface area contributed by atoms with Gasteiger partial charge in [0.1, 0.15) is 22.9 Å². The Morgan fingerprint density at radius 2 is 1.40 bits per heavy atom. The largest absolute Gasteiger partial charge is 0.458 e. The van der Waals surface area contributed by atoms with Crippen LogP contribution >= 0.6 is 31.9 Å². The normalized spacial score (nSPS) is 24.9. The number of hydrogen-bond donors (Lipinski definition) is 0. The fraction of sp³-hybridized carbons (Fsp3) is 0.778. The van der Waals surface area contributed by atoms with Gasteiger partial charge in [-0.15, -0.1) is 0 Å². The third kappa shape index (κ3) is 4.10. The number of esters is 2. The third-order valence-corrected chi connectivity index (χ3v) is 3.09. The highest BCUT2D eigenvalue weighted by Gasteiger charge is 2.33. The van der Waals surface area contributed by atoms with E-state index in [4.69, 9.17) is 9.47 Å². The van der Waals surface area contributed by atoms with Gasteiger partial charge in [-0.2, -0.15) is 0 Å². The van der Waals surface area contributed by atoms with Crippen molar-refractivity contribution in [3.05, 3.63) is 0 Å². The van der Waals surface area contributed by atoms with Crippen LogP contribution in [0.2, 0.25) is 0 Å². The quantitative estimate of drug-likeness (QED) is 0.576. The number of halogens is 2. The van der Waals surface area contributed by atoms with Crippen molar-refractivity contribution in [3.63, 3.8) is 0 Å². The molecular weight excluding hydrogens is 332 g/mol. The van der Waals surface area contributed by atoms with Gasteiger partial charge in [-0.3, -0.25) is 9.59 Å². The van der Waals surface area contributed by atoms with E-state index in [1.165, 1.54) is 0 Å². The van der Waals surface area contributed by atoms with Crippen LogP contribution in [0.5, 0.6) is 0 Å². The molecule has 0 aromatic rings. The van der Waals surface area contributed by atoms with Gasteiger partial charge in [0, 0.05) is 0 Å². The Bertz CT molecular complexity index is 220. The average molecular weight is 344 g/mol. The first kappa shape index (κ1) is 13.0. The van der Waals surface area contributed by atoms with E-state index >= 15 is 0 Å². The minimum atomic E-state index is -0.318. The number of alkyl halides is 2. The topological polar surface area (TPSA) is 52.6 Å². The molecule has 0 heterocycles. The lowest BCUT2D eigenvalue weighted by atomic mass is 10.2. The van der Waals surface area contributed by atoms with Crippen LogP contribution < -0.4 is 0 Å². The molecule has 2 atom stereocenters. The van der Waals surface area contributed by atoms with E-state index < -0.39 is 0 Å². The zero-order chi connectivity index (χ0) is 11.3. The zero-order valence-electron chi connectivity index (χ0n) is 8.08. The number of hydrogen-bond acceptors (Lipinski definition) is 4. The van der Waals surface area contributed by atoms with Crippen molar-refractivity contribution in [1.29, 1.82) is 0 Å². The minimum Gasteiger partial charge on any atom is -0.458 e. The van der Waals surface area contributed by atoms with Crippen LogP contribution in [0.15, 0.2) is 0 Å². The second-order valence-corrected chi connectivity index (χ2v) is 4.38. The van der Waals surface area contributed by atoms with E-state index in [0.717, 1.165) is 19.3 Å². The summed E-state index contributed by atoms with van der Waals surface area (Å²) in [5.74, 6) is -0.636. The van der Waals surface area contributed by atoms with Crippen molar-refractivity contribution < 1.29 is 19.1 Å². The van der Waals surface area contributed by atoms with E-state index in [2.05, 4.69) is 31.9 Å². The van der Waals surface area contributed by atoms with Crippen molar-refractivity contribution in [3.8, 4) is 0 Å². The van der Waals surface area contributed by atoms with E-state index in [9.17, 15) is 9.59 Å². The summed E-state index contributed by atoms with van der Waals surface area (Å²) in [6.45, 7) is 0. The molecule has 0 bridgehead atoms. The second-order valence-electron chi connectivity index (χ2n) is 3.25. The highest BCUT2D eigenvalue weighted by atomic mass is 79.9. The van der Waals surface area contributed by atoms with Crippen LogP contribution in [0.25, 0.3) is 0 Å². The molecule has 0 aromatic carbocycles. The maximum absolute atomic E-state index is 11.0. The lowest BCUT2D eigenvalue weighted by Crippen LogP contribution is -2.31. The summed E-state index contributed by atoms with van der Waals surface area (Å²) in [6.07, 6.45) is 1.88. The van der Waals surface area contributed by atoms with E-state index in [1.54, 1.807) is 0 Å². The molecule has 2 unspecified atom stereocenters. The van der Waals surface area contributed by atoms with Crippen molar-refractivity contribution in [2.45, 2.75) is 31.5 Å². The molecule has 0 radical (unpaired) electrons. The fourth-order valence-electron chi connectivity index (χ4n) is 1.56. The van der Waals surface area contributed by atoms with Gasteiger partial charge in [0.25, 0.3) is 0 Å². The lowest BCUT2D eigenvalue weighted by molar-refractivity contribution is -0.161. The van der Waals surface area contributed by atoms with Gasteiger partial charge in [0.05, 0.1) is 0 Å². The Balaban J connectivity index is 2.42. The summed E-state index contributed by atoms with van der Waals surface area (Å²) in [5, 5.41) is 0.339. The van der Waals surface area contributed by atoms with Crippen LogP contribution in [-0.4, -0.2) is 34.8 Å². The third-order valence-electron chi connectivity index (χ3n) is 2.18. The summed E-state index contributed by atoms with van der Waals surface area (Å²) in [7, 11) is 0. The molecule has 4 nitrogen and oxygen atoms in total. The van der Waals surface area contributed by atoms with Gasteiger partial charge in [-0.25, -0.2) is 0 Å². The monoisotopic (exact) mass is 342 g/mol. The molecule has 1 aliphatic rings. The van der Waals surface area contributed by atoms with Crippen molar-refractivity contribution >= 4 is 43.8 Å². The van der Waals surface area contributed by atoms with Gasteiger partial charge in [-0.1, -0.05) is 31.9 Å². The molecule has 1 rings (SSSR count). The molecule has 0 spiro atoms. The average Bonchev–Trinajstić information content (AvgIpc) is 2.65. The Hall–Kier alpha value is -0.100. The number of ether oxygens (including phenoxy) is 2. The predicted molar refractivity (Wildman–Crippen MR) is 61.2 cm³/mol. The maximum atomic E-state index is 11.0. The van der Waals surface area contributed by atoms with Crippen molar-refractivity contribution in [2.75, 3.05) is 10.7 Å². The van der Waals surface area contributed by atoms with Crippen LogP contribution in [0.3, 0.4) is 0 Å². The first-order chi connectivity index (χ1) is 7.17. The summed E-state index contributed by atoms with van der Waals surface area (Å²) in [4.78, 5) is 22.1. The van der Waals surface area contributed by atoms with Gasteiger partial charge < -0.3 is 9.47 Å². The van der Waals surface area contributed by atoms with Gasteiger partial charge >= 0.3 is 11.9 Å².